The molecule has 3 N–H and O–H groups in total. The maximum atomic E-state index is 13.7. The number of carbonyl (C=O) groups is 3. The van der Waals surface area contributed by atoms with Gasteiger partial charge in [-0.1, -0.05) is 35.3 Å². The topological polar surface area (TPSA) is 95.7 Å². The van der Waals surface area contributed by atoms with E-state index < -0.39 is 23.4 Å². The van der Waals surface area contributed by atoms with Gasteiger partial charge in [0.1, 0.15) is 5.54 Å². The van der Waals surface area contributed by atoms with Gasteiger partial charge >= 0.3 is 6.03 Å². The molecule has 0 radical (unpaired) electrons. The molecule has 2 heterocycles. The summed E-state index contributed by atoms with van der Waals surface area (Å²) < 4.78 is 0. The Balaban J connectivity index is 1.77. The number of nitrogens with two attached hydrogens (primary N) is 1. The molecular weight excluding hydrogens is 459 g/mol. The largest absolute Gasteiger partial charge is 0.399 e. The highest BCUT2D eigenvalue weighted by atomic mass is 35.5. The van der Waals surface area contributed by atoms with Crippen molar-refractivity contribution < 1.29 is 14.4 Å². The number of benzene rings is 2. The van der Waals surface area contributed by atoms with E-state index in [-0.39, 0.29) is 18.1 Å². The molecule has 162 valence electrons. The van der Waals surface area contributed by atoms with Gasteiger partial charge in [-0.2, -0.15) is 11.8 Å². The zero-order chi connectivity index (χ0) is 22.3. The molecule has 0 aromatic heterocycles. The van der Waals surface area contributed by atoms with Gasteiger partial charge in [-0.25, -0.2) is 9.69 Å². The van der Waals surface area contributed by atoms with Crippen LogP contribution in [0.4, 0.5) is 16.2 Å². The second kappa shape index (κ2) is 8.26. The summed E-state index contributed by atoms with van der Waals surface area (Å²) in [5.41, 5.74) is 6.21. The molecule has 2 aliphatic heterocycles. The number of imide groups is 1. The minimum Gasteiger partial charge on any atom is -0.399 e. The molecule has 2 atom stereocenters. The fraction of sp³-hybridized carbons (Fsp3) is 0.286. The highest BCUT2D eigenvalue weighted by molar-refractivity contribution is 7.99. The van der Waals surface area contributed by atoms with Gasteiger partial charge < -0.3 is 16.0 Å². The van der Waals surface area contributed by atoms with E-state index in [1.807, 2.05) is 18.4 Å². The number of nitrogens with one attached hydrogen (secondary N) is 1. The van der Waals surface area contributed by atoms with Crippen molar-refractivity contribution in [1.82, 2.24) is 10.2 Å². The predicted molar refractivity (Wildman–Crippen MR) is 124 cm³/mol. The lowest BCUT2D eigenvalue weighted by atomic mass is 9.81. The smallest absolute Gasteiger partial charge is 0.329 e. The maximum Gasteiger partial charge on any atom is 0.329 e. The van der Waals surface area contributed by atoms with Gasteiger partial charge in [-0.3, -0.25) is 9.59 Å². The minimum atomic E-state index is -1.30. The Morgan fingerprint density at radius 3 is 2.45 bits per heavy atom. The van der Waals surface area contributed by atoms with Crippen LogP contribution in [0.15, 0.2) is 42.5 Å². The summed E-state index contributed by atoms with van der Waals surface area (Å²) in [6, 6.07) is 11.1. The van der Waals surface area contributed by atoms with Crippen molar-refractivity contribution in [2.75, 3.05) is 35.7 Å². The van der Waals surface area contributed by atoms with Gasteiger partial charge in [0.15, 0.2) is 0 Å². The maximum absolute atomic E-state index is 13.7. The van der Waals surface area contributed by atoms with Crippen LogP contribution >= 0.6 is 35.0 Å². The molecule has 0 aliphatic carbocycles. The van der Waals surface area contributed by atoms with E-state index in [0.29, 0.717) is 28.0 Å². The molecule has 0 bridgehead atoms. The molecule has 0 saturated carbocycles. The first-order chi connectivity index (χ1) is 14.7. The molecule has 2 aromatic rings. The lowest BCUT2D eigenvalue weighted by Crippen LogP contribution is -2.53. The summed E-state index contributed by atoms with van der Waals surface area (Å²) in [4.78, 5) is 42.0. The normalized spacial score (nSPS) is 23.0. The van der Waals surface area contributed by atoms with E-state index in [2.05, 4.69) is 5.32 Å². The van der Waals surface area contributed by atoms with E-state index in [4.69, 9.17) is 28.9 Å². The average molecular weight is 479 g/mol. The van der Waals surface area contributed by atoms with Crippen LogP contribution in [0.3, 0.4) is 0 Å². The Morgan fingerprint density at radius 2 is 1.84 bits per heavy atom. The number of nitrogens with zero attached hydrogens (tertiary/aromatic N) is 2. The molecule has 2 aliphatic rings. The van der Waals surface area contributed by atoms with E-state index >= 15 is 0 Å². The van der Waals surface area contributed by atoms with Crippen LogP contribution < -0.4 is 16.0 Å². The molecule has 7 nitrogen and oxygen atoms in total. The van der Waals surface area contributed by atoms with Gasteiger partial charge in [0.25, 0.3) is 5.91 Å². The minimum absolute atomic E-state index is 0.0802. The Bertz CT molecular complexity index is 1040. The van der Waals surface area contributed by atoms with Gasteiger partial charge in [0.2, 0.25) is 5.91 Å². The third-order valence-electron chi connectivity index (χ3n) is 5.62. The summed E-state index contributed by atoms with van der Waals surface area (Å²) >= 11 is 13.6. The number of nitrogen functional groups attached to an aromatic ring is 1. The number of likely N-dealkylation sites (tertiary alicyclic amines) is 1. The van der Waals surface area contributed by atoms with Crippen LogP contribution in [0.25, 0.3) is 0 Å². The Hall–Kier alpha value is -2.42. The number of amides is 4. The molecule has 4 rings (SSSR count). The quantitative estimate of drug-likeness (QED) is 0.518. The van der Waals surface area contributed by atoms with E-state index in [1.54, 1.807) is 17.0 Å². The molecule has 10 heteroatoms. The van der Waals surface area contributed by atoms with E-state index in [9.17, 15) is 14.4 Å². The van der Waals surface area contributed by atoms with Gasteiger partial charge in [-0.15, -0.1) is 0 Å². The fourth-order valence-corrected chi connectivity index (χ4v) is 5.16. The Kier molecular flexibility index (Phi) is 5.81. The Morgan fingerprint density at radius 1 is 1.19 bits per heavy atom. The van der Waals surface area contributed by atoms with Crippen molar-refractivity contribution in [2.24, 2.45) is 0 Å². The number of thioether (sulfide) groups is 1. The number of urea groups is 1. The first kappa shape index (κ1) is 21.8. The molecule has 1 spiro atoms. The third kappa shape index (κ3) is 3.84. The van der Waals surface area contributed by atoms with Crippen LogP contribution in [-0.4, -0.2) is 53.4 Å². The van der Waals surface area contributed by atoms with Crippen molar-refractivity contribution in [1.29, 1.82) is 0 Å². The van der Waals surface area contributed by atoms with Crippen molar-refractivity contribution >= 4 is 64.2 Å². The molecule has 2 aromatic carbocycles. The number of hydrogen-bond acceptors (Lipinski definition) is 5. The van der Waals surface area contributed by atoms with Crippen LogP contribution in [0.1, 0.15) is 11.5 Å². The zero-order valence-electron chi connectivity index (χ0n) is 16.6. The van der Waals surface area contributed by atoms with E-state index in [0.717, 1.165) is 10.5 Å². The molecular formula is C21H20Cl2N4O3S. The second-order valence-corrected chi connectivity index (χ2v) is 9.34. The van der Waals surface area contributed by atoms with Crippen molar-refractivity contribution in [3.63, 3.8) is 0 Å². The predicted octanol–water partition coefficient (Wildman–Crippen LogP) is 3.36. The third-order valence-corrected chi connectivity index (χ3v) is 6.59. The molecule has 2 saturated heterocycles. The standard InChI is InChI=1S/C21H20Cl2N4O3S/c1-31-10-18(28)26-9-17(12-2-4-15(24)5-3-12)21(11-26)19(29)27(20(30)25-21)16-7-13(22)6-14(23)8-16/h2-8,17H,9-11,24H2,1H3,(H,25,30)/t17?,21-/m1/s1. The number of hydrogen-bond donors (Lipinski definition) is 2. The summed E-state index contributed by atoms with van der Waals surface area (Å²) in [5.74, 6) is -0.677. The highest BCUT2D eigenvalue weighted by Crippen LogP contribution is 2.42. The van der Waals surface area contributed by atoms with Crippen molar-refractivity contribution in [3.05, 3.63) is 58.1 Å². The molecule has 2 fully saturated rings. The zero-order valence-corrected chi connectivity index (χ0v) is 18.9. The van der Waals surface area contributed by atoms with Gasteiger partial charge in [0.05, 0.1) is 18.0 Å². The lowest BCUT2D eigenvalue weighted by molar-refractivity contribution is -0.128. The van der Waals surface area contributed by atoms with Crippen LogP contribution in [-0.2, 0) is 9.59 Å². The average Bonchev–Trinajstić information content (AvgIpc) is 3.20. The first-order valence-corrected chi connectivity index (χ1v) is 11.6. The second-order valence-electron chi connectivity index (χ2n) is 7.60. The summed E-state index contributed by atoms with van der Waals surface area (Å²) in [7, 11) is 0. The number of halogens is 2. The van der Waals surface area contributed by atoms with Crippen molar-refractivity contribution in [2.45, 2.75) is 11.5 Å². The van der Waals surface area contributed by atoms with Crippen LogP contribution in [0.2, 0.25) is 10.0 Å². The van der Waals surface area contributed by atoms with Crippen molar-refractivity contribution in [3.8, 4) is 0 Å². The molecule has 1 unspecified atom stereocenters. The SMILES string of the molecule is CSCC(=O)N1CC(c2ccc(N)cc2)[C@@]2(C1)NC(=O)N(c1cc(Cl)cc(Cl)c1)C2=O. The molecule has 4 amide bonds. The summed E-state index contributed by atoms with van der Waals surface area (Å²) in [6.45, 7) is 0.385. The van der Waals surface area contributed by atoms with Gasteiger partial charge in [0, 0.05) is 28.2 Å². The lowest BCUT2D eigenvalue weighted by Gasteiger charge is -2.27. The molecule has 31 heavy (non-hydrogen) atoms. The number of rotatable bonds is 4. The highest BCUT2D eigenvalue weighted by Gasteiger charge is 2.61. The van der Waals surface area contributed by atoms with Gasteiger partial charge in [-0.05, 0) is 42.2 Å². The van der Waals surface area contributed by atoms with Crippen LogP contribution in [0, 0.1) is 0 Å². The Labute approximate surface area is 193 Å². The summed E-state index contributed by atoms with van der Waals surface area (Å²) in [5, 5.41) is 3.49. The summed E-state index contributed by atoms with van der Waals surface area (Å²) in [6.07, 6.45) is 1.84. The van der Waals surface area contributed by atoms with Crippen LogP contribution in [0.5, 0.6) is 0 Å². The monoisotopic (exact) mass is 478 g/mol. The number of carbonyl (C=O) groups excluding carboxylic acids is 3. The fourth-order valence-electron chi connectivity index (χ4n) is 4.21. The first-order valence-electron chi connectivity index (χ1n) is 9.50. The van der Waals surface area contributed by atoms with E-state index in [1.165, 1.54) is 30.0 Å². The number of anilines is 2.